The summed E-state index contributed by atoms with van der Waals surface area (Å²) in [7, 11) is 0. The highest BCUT2D eigenvalue weighted by Crippen LogP contribution is 2.29. The topological polar surface area (TPSA) is 12.0 Å². The largest absolute Gasteiger partial charge is 0.310 e. The maximum Gasteiger partial charge on any atom is 0.129 e. The summed E-state index contributed by atoms with van der Waals surface area (Å²) in [5.74, 6) is -0.234. The van der Waals surface area contributed by atoms with Crippen LogP contribution in [0.3, 0.4) is 0 Å². The molecule has 0 saturated heterocycles. The Hall–Kier alpha value is -0.860. The third-order valence-electron chi connectivity index (χ3n) is 2.70. The summed E-state index contributed by atoms with van der Waals surface area (Å²) in [6.07, 6.45) is 4.66. The molecule has 0 bridgehead atoms. The molecule has 0 aromatic heterocycles. The molecule has 1 unspecified atom stereocenters. The van der Waals surface area contributed by atoms with E-state index in [1.165, 1.54) is 6.07 Å². The maximum absolute atomic E-state index is 13.8. The van der Waals surface area contributed by atoms with Crippen molar-refractivity contribution in [2.24, 2.45) is 0 Å². The van der Waals surface area contributed by atoms with Crippen molar-refractivity contribution in [3.8, 4) is 0 Å². The van der Waals surface area contributed by atoms with Gasteiger partial charge < -0.3 is 5.32 Å². The van der Waals surface area contributed by atoms with E-state index in [9.17, 15) is 4.39 Å². The first-order chi connectivity index (χ1) is 8.20. The van der Waals surface area contributed by atoms with Crippen LogP contribution in [0.5, 0.6) is 0 Å². The molecule has 3 heteroatoms. The number of halogens is 2. The second kappa shape index (κ2) is 7.46. The zero-order valence-electron chi connectivity index (χ0n) is 10.2. The molecular weight excluding hydrogens is 237 g/mol. The smallest absolute Gasteiger partial charge is 0.129 e. The lowest BCUT2D eigenvalue weighted by molar-refractivity contribution is 0.474. The molecule has 1 aromatic rings. The average Bonchev–Trinajstić information content (AvgIpc) is 2.29. The zero-order chi connectivity index (χ0) is 12.7. The van der Waals surface area contributed by atoms with Crippen LogP contribution >= 0.6 is 11.6 Å². The summed E-state index contributed by atoms with van der Waals surface area (Å²) in [5, 5.41) is 3.78. The van der Waals surface area contributed by atoms with Gasteiger partial charge in [0.1, 0.15) is 5.82 Å². The molecule has 1 rings (SSSR count). The Labute approximate surface area is 108 Å². The van der Waals surface area contributed by atoms with Crippen LogP contribution in [-0.2, 0) is 0 Å². The molecule has 94 valence electrons. The minimum absolute atomic E-state index is 0.0198. The molecule has 0 amide bonds. The van der Waals surface area contributed by atoms with Gasteiger partial charge in [-0.2, -0.15) is 0 Å². The summed E-state index contributed by atoms with van der Waals surface area (Å²) in [6.45, 7) is 6.50. The summed E-state index contributed by atoms with van der Waals surface area (Å²) in [4.78, 5) is 0. The molecule has 17 heavy (non-hydrogen) atoms. The number of allylic oxidation sites excluding steroid dienone is 1. The maximum atomic E-state index is 13.8. The normalized spacial score (nSPS) is 12.4. The second-order valence-corrected chi connectivity index (χ2v) is 4.37. The highest BCUT2D eigenvalue weighted by atomic mass is 35.5. The third kappa shape index (κ3) is 4.14. The van der Waals surface area contributed by atoms with E-state index in [0.717, 1.165) is 25.8 Å². The van der Waals surface area contributed by atoms with Gasteiger partial charge >= 0.3 is 0 Å². The van der Waals surface area contributed by atoms with Crippen molar-refractivity contribution < 1.29 is 4.39 Å². The van der Waals surface area contributed by atoms with Gasteiger partial charge in [0.05, 0.1) is 0 Å². The number of benzene rings is 1. The number of unbranched alkanes of at least 4 members (excludes halogenated alkanes) is 1. The van der Waals surface area contributed by atoms with Crippen LogP contribution in [0.15, 0.2) is 30.9 Å². The molecule has 0 spiro atoms. The van der Waals surface area contributed by atoms with E-state index in [4.69, 9.17) is 11.6 Å². The van der Waals surface area contributed by atoms with Crippen molar-refractivity contribution in [3.05, 3.63) is 47.3 Å². The van der Waals surface area contributed by atoms with Crippen LogP contribution in [0.25, 0.3) is 0 Å². The van der Waals surface area contributed by atoms with Crippen molar-refractivity contribution in [3.63, 3.8) is 0 Å². The van der Waals surface area contributed by atoms with E-state index in [-0.39, 0.29) is 11.9 Å². The second-order valence-electron chi connectivity index (χ2n) is 3.97. The Bertz CT molecular complexity index is 345. The quantitative estimate of drug-likeness (QED) is 0.559. The van der Waals surface area contributed by atoms with Gasteiger partial charge in [-0.1, -0.05) is 30.7 Å². The standard InChI is InChI=1S/C14H19ClFN/c1-3-5-6-10-13(17-4-2)14-11(15)8-7-9-12(14)16/h3,7-9,13,17H,1,4-6,10H2,2H3. The molecule has 0 aliphatic heterocycles. The van der Waals surface area contributed by atoms with Crippen LogP contribution in [-0.4, -0.2) is 6.54 Å². The summed E-state index contributed by atoms with van der Waals surface area (Å²) >= 11 is 6.07. The number of rotatable bonds is 7. The van der Waals surface area contributed by atoms with Gasteiger partial charge in [0, 0.05) is 16.6 Å². The molecule has 1 N–H and O–H groups in total. The summed E-state index contributed by atoms with van der Waals surface area (Å²) < 4.78 is 13.8. The Balaban J connectivity index is 2.84. The molecular formula is C14H19ClFN. The van der Waals surface area contributed by atoms with E-state index in [1.807, 2.05) is 13.0 Å². The van der Waals surface area contributed by atoms with Crippen molar-refractivity contribution in [2.45, 2.75) is 32.2 Å². The van der Waals surface area contributed by atoms with Crippen molar-refractivity contribution in [1.82, 2.24) is 5.32 Å². The van der Waals surface area contributed by atoms with Gasteiger partial charge in [-0.05, 0) is 37.9 Å². The average molecular weight is 256 g/mol. The monoisotopic (exact) mass is 255 g/mol. The van der Waals surface area contributed by atoms with Crippen molar-refractivity contribution in [2.75, 3.05) is 6.54 Å². The Morgan fingerprint density at radius 3 is 2.88 bits per heavy atom. The fourth-order valence-corrected chi connectivity index (χ4v) is 2.20. The first-order valence-electron chi connectivity index (χ1n) is 5.98. The third-order valence-corrected chi connectivity index (χ3v) is 3.03. The van der Waals surface area contributed by atoms with E-state index < -0.39 is 0 Å². The minimum Gasteiger partial charge on any atom is -0.310 e. The molecule has 0 heterocycles. The molecule has 1 aromatic carbocycles. The van der Waals surface area contributed by atoms with Crippen LogP contribution in [0.4, 0.5) is 4.39 Å². The molecule has 0 radical (unpaired) electrons. The number of hydrogen-bond acceptors (Lipinski definition) is 1. The van der Waals surface area contributed by atoms with E-state index >= 15 is 0 Å². The van der Waals surface area contributed by atoms with Crippen LogP contribution in [0.1, 0.15) is 37.8 Å². The first-order valence-corrected chi connectivity index (χ1v) is 6.36. The SMILES string of the molecule is C=CCCCC(NCC)c1c(F)cccc1Cl. The number of hydrogen-bond donors (Lipinski definition) is 1. The molecule has 1 atom stereocenters. The van der Waals surface area contributed by atoms with E-state index in [1.54, 1.807) is 12.1 Å². The molecule has 0 fully saturated rings. The van der Waals surface area contributed by atoms with E-state index in [0.29, 0.717) is 10.6 Å². The highest BCUT2D eigenvalue weighted by molar-refractivity contribution is 6.31. The Morgan fingerprint density at radius 1 is 1.53 bits per heavy atom. The molecule has 0 aliphatic carbocycles. The van der Waals surface area contributed by atoms with Gasteiger partial charge in [-0.3, -0.25) is 0 Å². The lowest BCUT2D eigenvalue weighted by atomic mass is 10.00. The Kier molecular flexibility index (Phi) is 6.23. The lowest BCUT2D eigenvalue weighted by Crippen LogP contribution is -2.22. The predicted molar refractivity (Wildman–Crippen MR) is 71.9 cm³/mol. The van der Waals surface area contributed by atoms with Gasteiger partial charge in [0.15, 0.2) is 0 Å². The van der Waals surface area contributed by atoms with Gasteiger partial charge in [0.2, 0.25) is 0 Å². The lowest BCUT2D eigenvalue weighted by Gasteiger charge is -2.20. The van der Waals surface area contributed by atoms with Gasteiger partial charge in [-0.15, -0.1) is 6.58 Å². The highest BCUT2D eigenvalue weighted by Gasteiger charge is 2.17. The first kappa shape index (κ1) is 14.2. The minimum atomic E-state index is -0.234. The zero-order valence-corrected chi connectivity index (χ0v) is 10.9. The Morgan fingerprint density at radius 2 is 2.29 bits per heavy atom. The van der Waals surface area contributed by atoms with Gasteiger partial charge in [-0.25, -0.2) is 4.39 Å². The van der Waals surface area contributed by atoms with Crippen LogP contribution < -0.4 is 5.32 Å². The predicted octanol–water partition coefficient (Wildman–Crippen LogP) is 4.49. The number of nitrogens with one attached hydrogen (secondary N) is 1. The van der Waals surface area contributed by atoms with Crippen LogP contribution in [0, 0.1) is 5.82 Å². The fraction of sp³-hybridized carbons (Fsp3) is 0.429. The van der Waals surface area contributed by atoms with E-state index in [2.05, 4.69) is 11.9 Å². The molecule has 1 nitrogen and oxygen atoms in total. The summed E-state index contributed by atoms with van der Waals surface area (Å²) in [5.41, 5.74) is 0.583. The molecule has 0 aliphatic rings. The fourth-order valence-electron chi connectivity index (χ4n) is 1.90. The van der Waals surface area contributed by atoms with Crippen LogP contribution in [0.2, 0.25) is 5.02 Å². The van der Waals surface area contributed by atoms with Crippen molar-refractivity contribution >= 4 is 11.6 Å². The molecule has 0 saturated carbocycles. The van der Waals surface area contributed by atoms with Gasteiger partial charge in [0.25, 0.3) is 0 Å². The van der Waals surface area contributed by atoms with Crippen molar-refractivity contribution in [1.29, 1.82) is 0 Å². The summed E-state index contributed by atoms with van der Waals surface area (Å²) in [6, 6.07) is 4.80.